The molecule has 0 aliphatic rings. The molecule has 1 aromatic rings. The molecule has 0 radical (unpaired) electrons. The highest BCUT2D eigenvalue weighted by molar-refractivity contribution is 5.35. The van der Waals surface area contributed by atoms with Gasteiger partial charge >= 0.3 is 0 Å². The molecule has 2 N–H and O–H groups in total. The molecular weight excluding hydrogens is 210 g/mol. The second kappa shape index (κ2) is 6.18. The molecule has 1 unspecified atom stereocenters. The summed E-state index contributed by atoms with van der Waals surface area (Å²) in [6.45, 7) is 10.1. The van der Waals surface area contributed by atoms with Crippen molar-refractivity contribution < 1.29 is 4.74 Å². The fraction of sp³-hybridized carbons (Fsp3) is 0.600. The number of benzene rings is 1. The number of hydrogen-bond donors (Lipinski definition) is 1. The van der Waals surface area contributed by atoms with E-state index in [9.17, 15) is 0 Å². The maximum atomic E-state index is 6.21. The summed E-state index contributed by atoms with van der Waals surface area (Å²) >= 11 is 0. The van der Waals surface area contributed by atoms with Crippen molar-refractivity contribution in [2.24, 2.45) is 5.73 Å². The van der Waals surface area contributed by atoms with Gasteiger partial charge in [0.2, 0.25) is 0 Å². The Morgan fingerprint density at radius 2 is 1.88 bits per heavy atom. The summed E-state index contributed by atoms with van der Waals surface area (Å²) in [5.74, 6) is 0. The van der Waals surface area contributed by atoms with Crippen molar-refractivity contribution in [2.75, 3.05) is 13.2 Å². The molecule has 0 spiro atoms. The summed E-state index contributed by atoms with van der Waals surface area (Å²) in [5.41, 5.74) is 8.85. The lowest BCUT2D eigenvalue weighted by Crippen LogP contribution is -2.23. The zero-order valence-corrected chi connectivity index (χ0v) is 11.5. The summed E-state index contributed by atoms with van der Waals surface area (Å²) in [7, 11) is 0. The fourth-order valence-electron chi connectivity index (χ4n) is 1.95. The molecule has 0 aromatic heterocycles. The zero-order chi connectivity index (χ0) is 12.9. The Labute approximate surface area is 105 Å². The predicted octanol–water partition coefficient (Wildman–Crippen LogP) is 3.41. The number of ether oxygens (including phenoxy) is 1. The highest BCUT2D eigenvalue weighted by Gasteiger charge is 2.20. The van der Waals surface area contributed by atoms with E-state index in [2.05, 4.69) is 45.9 Å². The Kier molecular flexibility index (Phi) is 5.16. The lowest BCUT2D eigenvalue weighted by atomic mass is 9.82. The number of nitrogens with two attached hydrogens (primary N) is 1. The number of hydrogen-bond acceptors (Lipinski definition) is 2. The van der Waals surface area contributed by atoms with Crippen LogP contribution >= 0.6 is 0 Å². The molecule has 2 heteroatoms. The SMILES string of the molecule is CCCOCC(N)c1ccccc1C(C)(C)C. The lowest BCUT2D eigenvalue weighted by molar-refractivity contribution is 0.121. The first-order valence-electron chi connectivity index (χ1n) is 6.39. The largest absolute Gasteiger partial charge is 0.379 e. The van der Waals surface area contributed by atoms with Gasteiger partial charge in [-0.05, 0) is 23.0 Å². The van der Waals surface area contributed by atoms with E-state index in [1.807, 2.05) is 6.07 Å². The van der Waals surface area contributed by atoms with Crippen LogP contribution in [0.25, 0.3) is 0 Å². The third kappa shape index (κ3) is 4.14. The minimum Gasteiger partial charge on any atom is -0.379 e. The van der Waals surface area contributed by atoms with Crippen molar-refractivity contribution in [1.29, 1.82) is 0 Å². The molecule has 0 aliphatic heterocycles. The molecule has 1 atom stereocenters. The Balaban J connectivity index is 2.82. The first-order chi connectivity index (χ1) is 7.96. The average molecular weight is 235 g/mol. The Morgan fingerprint density at radius 1 is 1.24 bits per heavy atom. The Bertz CT molecular complexity index is 341. The van der Waals surface area contributed by atoms with Gasteiger partial charge in [-0.3, -0.25) is 0 Å². The second-order valence-electron chi connectivity index (χ2n) is 5.52. The van der Waals surface area contributed by atoms with Gasteiger partial charge in [-0.1, -0.05) is 52.0 Å². The van der Waals surface area contributed by atoms with E-state index >= 15 is 0 Å². The third-order valence-corrected chi connectivity index (χ3v) is 2.81. The van der Waals surface area contributed by atoms with Crippen LogP contribution in [0.3, 0.4) is 0 Å². The van der Waals surface area contributed by atoms with E-state index in [-0.39, 0.29) is 11.5 Å². The molecule has 0 aliphatic carbocycles. The van der Waals surface area contributed by atoms with Gasteiger partial charge < -0.3 is 10.5 Å². The first-order valence-corrected chi connectivity index (χ1v) is 6.39. The molecule has 0 saturated heterocycles. The molecular formula is C15H25NO. The fourth-order valence-corrected chi connectivity index (χ4v) is 1.95. The first kappa shape index (κ1) is 14.2. The molecule has 2 nitrogen and oxygen atoms in total. The van der Waals surface area contributed by atoms with Gasteiger partial charge in [0.25, 0.3) is 0 Å². The van der Waals surface area contributed by atoms with Crippen molar-refractivity contribution >= 4 is 0 Å². The highest BCUT2D eigenvalue weighted by atomic mass is 16.5. The van der Waals surface area contributed by atoms with Crippen LogP contribution in [-0.4, -0.2) is 13.2 Å². The van der Waals surface area contributed by atoms with Crippen LogP contribution in [0.4, 0.5) is 0 Å². The van der Waals surface area contributed by atoms with Crippen LogP contribution in [0.15, 0.2) is 24.3 Å². The minimum absolute atomic E-state index is 0.0306. The molecule has 0 bridgehead atoms. The molecule has 1 rings (SSSR count). The van der Waals surface area contributed by atoms with Gasteiger partial charge in [0.05, 0.1) is 12.6 Å². The van der Waals surface area contributed by atoms with Crippen LogP contribution in [-0.2, 0) is 10.2 Å². The maximum Gasteiger partial charge on any atom is 0.0659 e. The van der Waals surface area contributed by atoms with Crippen LogP contribution < -0.4 is 5.73 Å². The topological polar surface area (TPSA) is 35.2 Å². The lowest BCUT2D eigenvalue weighted by Gasteiger charge is -2.25. The van der Waals surface area contributed by atoms with E-state index in [4.69, 9.17) is 10.5 Å². The van der Waals surface area contributed by atoms with Crippen molar-refractivity contribution in [3.8, 4) is 0 Å². The maximum absolute atomic E-state index is 6.21. The van der Waals surface area contributed by atoms with Crippen LogP contribution in [0.5, 0.6) is 0 Å². The summed E-state index contributed by atoms with van der Waals surface area (Å²) in [4.78, 5) is 0. The molecule has 17 heavy (non-hydrogen) atoms. The predicted molar refractivity (Wildman–Crippen MR) is 73.2 cm³/mol. The van der Waals surface area contributed by atoms with E-state index in [1.54, 1.807) is 0 Å². The van der Waals surface area contributed by atoms with E-state index in [1.165, 1.54) is 11.1 Å². The summed E-state index contributed by atoms with van der Waals surface area (Å²) < 4.78 is 5.54. The van der Waals surface area contributed by atoms with Gasteiger partial charge in [-0.2, -0.15) is 0 Å². The highest BCUT2D eigenvalue weighted by Crippen LogP contribution is 2.28. The summed E-state index contributed by atoms with van der Waals surface area (Å²) in [6.07, 6.45) is 1.04. The monoisotopic (exact) mass is 235 g/mol. The van der Waals surface area contributed by atoms with Gasteiger partial charge in [-0.15, -0.1) is 0 Å². The normalized spacial score (nSPS) is 13.7. The Morgan fingerprint density at radius 3 is 2.47 bits per heavy atom. The third-order valence-electron chi connectivity index (χ3n) is 2.81. The minimum atomic E-state index is -0.0306. The van der Waals surface area contributed by atoms with Crippen molar-refractivity contribution in [3.63, 3.8) is 0 Å². The Hall–Kier alpha value is -0.860. The number of rotatable bonds is 5. The van der Waals surface area contributed by atoms with E-state index in [0.29, 0.717) is 6.61 Å². The van der Waals surface area contributed by atoms with Gasteiger partial charge in [0.1, 0.15) is 0 Å². The van der Waals surface area contributed by atoms with Gasteiger partial charge in [0, 0.05) is 6.61 Å². The van der Waals surface area contributed by atoms with Crippen LogP contribution in [0.2, 0.25) is 0 Å². The standard InChI is InChI=1S/C15H25NO/c1-5-10-17-11-14(16)12-8-6-7-9-13(12)15(2,3)4/h6-9,14H,5,10-11,16H2,1-4H3. The van der Waals surface area contributed by atoms with Gasteiger partial charge in [0.15, 0.2) is 0 Å². The van der Waals surface area contributed by atoms with Crippen LogP contribution in [0, 0.1) is 0 Å². The van der Waals surface area contributed by atoms with E-state index in [0.717, 1.165) is 13.0 Å². The van der Waals surface area contributed by atoms with Crippen molar-refractivity contribution in [3.05, 3.63) is 35.4 Å². The zero-order valence-electron chi connectivity index (χ0n) is 11.5. The van der Waals surface area contributed by atoms with Crippen molar-refractivity contribution in [1.82, 2.24) is 0 Å². The molecule has 0 fully saturated rings. The second-order valence-corrected chi connectivity index (χ2v) is 5.52. The average Bonchev–Trinajstić information content (AvgIpc) is 2.28. The van der Waals surface area contributed by atoms with Crippen LogP contribution in [0.1, 0.15) is 51.3 Å². The summed E-state index contributed by atoms with van der Waals surface area (Å²) in [6, 6.07) is 8.36. The molecule has 0 saturated carbocycles. The van der Waals surface area contributed by atoms with E-state index < -0.39 is 0 Å². The molecule has 0 amide bonds. The quantitative estimate of drug-likeness (QED) is 0.794. The van der Waals surface area contributed by atoms with Gasteiger partial charge in [-0.25, -0.2) is 0 Å². The smallest absolute Gasteiger partial charge is 0.0659 e. The molecule has 1 aromatic carbocycles. The molecule has 0 heterocycles. The van der Waals surface area contributed by atoms with Crippen molar-refractivity contribution in [2.45, 2.75) is 45.6 Å². The molecule has 96 valence electrons. The summed E-state index contributed by atoms with van der Waals surface area (Å²) in [5, 5.41) is 0.